The molecule has 23 heavy (non-hydrogen) atoms. The van der Waals surface area contributed by atoms with Gasteiger partial charge in [-0.15, -0.1) is 10.2 Å². The van der Waals surface area contributed by atoms with E-state index in [1.165, 1.54) is 29.3 Å². The molecule has 0 radical (unpaired) electrons. The first-order chi connectivity index (χ1) is 11.2. The summed E-state index contributed by atoms with van der Waals surface area (Å²) in [6.45, 7) is 3.99. The molecule has 2 aromatic rings. The highest BCUT2D eigenvalue weighted by Crippen LogP contribution is 2.31. The summed E-state index contributed by atoms with van der Waals surface area (Å²) >= 11 is 4.69. The molecule has 1 heterocycles. The predicted octanol–water partition coefficient (Wildman–Crippen LogP) is 4.26. The second-order valence-electron chi connectivity index (χ2n) is 5.35. The fourth-order valence-electron chi connectivity index (χ4n) is 2.52. The number of carbonyl (C=O) groups is 1. The molecule has 0 unspecified atom stereocenters. The van der Waals surface area contributed by atoms with Crippen LogP contribution in [0.15, 0.2) is 26.9 Å². The quantitative estimate of drug-likeness (QED) is 0.775. The normalized spacial score (nSPS) is 14.5. The number of aromatic nitrogens is 2. The number of fused-ring (bicyclic) bond motifs is 1. The predicted molar refractivity (Wildman–Crippen MR) is 98.7 cm³/mol. The Morgan fingerprint density at radius 2 is 2.09 bits per heavy atom. The van der Waals surface area contributed by atoms with E-state index < -0.39 is 0 Å². The lowest BCUT2D eigenvalue weighted by Crippen LogP contribution is -2.22. The van der Waals surface area contributed by atoms with Crippen LogP contribution in [0.5, 0.6) is 0 Å². The zero-order valence-electron chi connectivity index (χ0n) is 13.2. The zero-order chi connectivity index (χ0) is 16.2. The van der Waals surface area contributed by atoms with Gasteiger partial charge >= 0.3 is 0 Å². The molecular weight excluding hydrogens is 346 g/mol. The molecule has 3 rings (SSSR count). The molecule has 7 heteroatoms. The van der Waals surface area contributed by atoms with Crippen LogP contribution in [0, 0.1) is 0 Å². The van der Waals surface area contributed by atoms with Crippen LogP contribution in [-0.2, 0) is 17.6 Å². The summed E-state index contributed by atoms with van der Waals surface area (Å²) in [7, 11) is 0. The van der Waals surface area contributed by atoms with Crippen LogP contribution >= 0.6 is 34.9 Å². The van der Waals surface area contributed by atoms with E-state index >= 15 is 0 Å². The van der Waals surface area contributed by atoms with Crippen LogP contribution in [-0.4, -0.2) is 27.1 Å². The molecule has 122 valence electrons. The molecule has 4 nitrogen and oxygen atoms in total. The minimum atomic E-state index is -0.198. The Balaban J connectivity index is 1.58. The Kier molecular flexibility index (Phi) is 5.61. The van der Waals surface area contributed by atoms with Crippen LogP contribution < -0.4 is 5.32 Å². The van der Waals surface area contributed by atoms with E-state index in [1.54, 1.807) is 23.1 Å². The van der Waals surface area contributed by atoms with Crippen molar-refractivity contribution in [3.8, 4) is 0 Å². The smallest absolute Gasteiger partial charge is 0.237 e. The Morgan fingerprint density at radius 1 is 1.30 bits per heavy atom. The van der Waals surface area contributed by atoms with E-state index in [9.17, 15) is 4.79 Å². The lowest BCUT2D eigenvalue weighted by Gasteiger charge is -2.11. The molecule has 0 spiro atoms. The van der Waals surface area contributed by atoms with Crippen molar-refractivity contribution in [1.82, 2.24) is 10.2 Å². The highest BCUT2D eigenvalue weighted by Gasteiger charge is 2.18. The lowest BCUT2D eigenvalue weighted by atomic mass is 10.1. The van der Waals surface area contributed by atoms with E-state index in [2.05, 4.69) is 34.6 Å². The Labute approximate surface area is 148 Å². The fraction of sp³-hybridized carbons (Fsp3) is 0.438. The third-order valence-electron chi connectivity index (χ3n) is 3.67. The lowest BCUT2D eigenvalue weighted by molar-refractivity contribution is -0.115. The van der Waals surface area contributed by atoms with Crippen molar-refractivity contribution in [3.63, 3.8) is 0 Å². The topological polar surface area (TPSA) is 54.9 Å². The van der Waals surface area contributed by atoms with Gasteiger partial charge in [-0.25, -0.2) is 0 Å². The number of rotatable bonds is 6. The van der Waals surface area contributed by atoms with Crippen LogP contribution in [0.2, 0.25) is 0 Å². The summed E-state index contributed by atoms with van der Waals surface area (Å²) in [6.07, 6.45) is 3.49. The number of nitrogens with one attached hydrogen (secondary N) is 1. The second kappa shape index (κ2) is 7.68. The number of aryl methyl sites for hydroxylation is 2. The number of thioether (sulfide) groups is 2. The van der Waals surface area contributed by atoms with Crippen LogP contribution in [0.3, 0.4) is 0 Å². The fourth-order valence-corrected chi connectivity index (χ4v) is 5.59. The third-order valence-corrected chi connectivity index (χ3v) is 6.79. The number of hydrogen-bond acceptors (Lipinski definition) is 6. The number of amides is 1. The van der Waals surface area contributed by atoms with Crippen molar-refractivity contribution in [2.45, 2.75) is 47.0 Å². The van der Waals surface area contributed by atoms with Crippen molar-refractivity contribution in [2.24, 2.45) is 0 Å². The molecule has 1 amide bonds. The highest BCUT2D eigenvalue weighted by atomic mass is 32.2. The molecule has 0 bridgehead atoms. The van der Waals surface area contributed by atoms with E-state index in [1.807, 2.05) is 13.0 Å². The van der Waals surface area contributed by atoms with Gasteiger partial charge in [0, 0.05) is 5.69 Å². The van der Waals surface area contributed by atoms with Gasteiger partial charge in [-0.3, -0.25) is 4.79 Å². The molecule has 0 saturated carbocycles. The van der Waals surface area contributed by atoms with Crippen molar-refractivity contribution in [3.05, 3.63) is 29.3 Å². The van der Waals surface area contributed by atoms with Crippen molar-refractivity contribution in [2.75, 3.05) is 11.1 Å². The maximum Gasteiger partial charge on any atom is 0.237 e. The SMILES string of the molecule is CCSc1nnc(S[C@H](C)C(=O)Nc2ccc3c(c2)CCC3)s1. The molecule has 1 aromatic heterocycles. The van der Waals surface area contributed by atoms with Gasteiger partial charge in [-0.2, -0.15) is 0 Å². The number of nitrogens with zero attached hydrogens (tertiary/aromatic N) is 2. The summed E-state index contributed by atoms with van der Waals surface area (Å²) in [5.74, 6) is 0.987. The van der Waals surface area contributed by atoms with Crippen LogP contribution in [0.25, 0.3) is 0 Å². The van der Waals surface area contributed by atoms with Gasteiger partial charge < -0.3 is 5.32 Å². The third kappa shape index (κ3) is 4.28. The van der Waals surface area contributed by atoms with E-state index in [0.717, 1.165) is 33.0 Å². The molecule has 0 fully saturated rings. The van der Waals surface area contributed by atoms with Crippen LogP contribution in [0.4, 0.5) is 5.69 Å². The van der Waals surface area contributed by atoms with Gasteiger partial charge in [0.05, 0.1) is 5.25 Å². The Hall–Kier alpha value is -1.05. The standard InChI is InChI=1S/C16H19N3OS3/c1-3-21-15-18-19-16(23-15)22-10(2)14(20)17-13-8-7-11-5-4-6-12(11)9-13/h7-10H,3-6H2,1-2H3,(H,17,20)/t10-/m1/s1. The van der Waals surface area contributed by atoms with Gasteiger partial charge in [0.1, 0.15) is 0 Å². The molecule has 0 saturated heterocycles. The molecule has 1 N–H and O–H groups in total. The van der Waals surface area contributed by atoms with E-state index in [-0.39, 0.29) is 11.2 Å². The minimum Gasteiger partial charge on any atom is -0.325 e. The second-order valence-corrected chi connectivity index (χ2v) is 9.43. The van der Waals surface area contributed by atoms with Gasteiger partial charge in [-0.05, 0) is 55.2 Å². The number of anilines is 1. The largest absolute Gasteiger partial charge is 0.325 e. The molecular formula is C16H19N3OS3. The van der Waals surface area contributed by atoms with E-state index in [4.69, 9.17) is 0 Å². The van der Waals surface area contributed by atoms with Gasteiger partial charge in [-0.1, -0.05) is 47.9 Å². The van der Waals surface area contributed by atoms with Crippen LogP contribution in [0.1, 0.15) is 31.4 Å². The monoisotopic (exact) mass is 365 g/mol. The molecule has 1 aliphatic rings. The Morgan fingerprint density at radius 3 is 2.91 bits per heavy atom. The minimum absolute atomic E-state index is 0.00726. The first kappa shape index (κ1) is 16.8. The molecule has 1 atom stereocenters. The van der Waals surface area contributed by atoms with Gasteiger partial charge in [0.15, 0.2) is 8.68 Å². The highest BCUT2D eigenvalue weighted by molar-refractivity contribution is 8.03. The van der Waals surface area contributed by atoms with Crippen molar-refractivity contribution >= 4 is 46.5 Å². The summed E-state index contributed by atoms with van der Waals surface area (Å²) in [5.41, 5.74) is 3.68. The van der Waals surface area contributed by atoms with Crippen molar-refractivity contribution < 1.29 is 4.79 Å². The summed E-state index contributed by atoms with van der Waals surface area (Å²) in [5, 5.41) is 11.1. The zero-order valence-corrected chi connectivity index (χ0v) is 15.6. The van der Waals surface area contributed by atoms with Gasteiger partial charge in [0.2, 0.25) is 5.91 Å². The summed E-state index contributed by atoms with van der Waals surface area (Å²) in [4.78, 5) is 12.4. The summed E-state index contributed by atoms with van der Waals surface area (Å²) in [6, 6.07) is 6.24. The number of benzene rings is 1. The first-order valence-electron chi connectivity index (χ1n) is 7.71. The number of carbonyl (C=O) groups excluding carboxylic acids is 1. The maximum atomic E-state index is 12.4. The maximum absolute atomic E-state index is 12.4. The van der Waals surface area contributed by atoms with Gasteiger partial charge in [0.25, 0.3) is 0 Å². The average Bonchev–Trinajstić information content (AvgIpc) is 3.16. The van der Waals surface area contributed by atoms with Crippen molar-refractivity contribution in [1.29, 1.82) is 0 Å². The Bertz CT molecular complexity index is 702. The average molecular weight is 366 g/mol. The number of hydrogen-bond donors (Lipinski definition) is 1. The summed E-state index contributed by atoms with van der Waals surface area (Å²) < 4.78 is 1.80. The molecule has 1 aliphatic carbocycles. The van der Waals surface area contributed by atoms with E-state index in [0.29, 0.717) is 0 Å². The molecule has 1 aromatic carbocycles. The first-order valence-corrected chi connectivity index (χ1v) is 10.4. The molecule has 0 aliphatic heterocycles.